The highest BCUT2D eigenvalue weighted by Gasteiger charge is 2.58. The van der Waals surface area contributed by atoms with E-state index in [9.17, 15) is 14.7 Å². The predicted molar refractivity (Wildman–Crippen MR) is 137 cm³/mol. The van der Waals surface area contributed by atoms with Crippen LogP contribution in [-0.4, -0.2) is 54.3 Å². The summed E-state index contributed by atoms with van der Waals surface area (Å²) in [6.07, 6.45) is 1.50. The SMILES string of the molecule is O=C(N/N=C\c1cccc(O)c1)C1[C@H](c2ccccc2)C(C(=O)N2CCOCC2)[C@H]1c1ccccc1. The molecule has 3 aromatic rings. The number of rotatable bonds is 6. The van der Waals surface area contributed by atoms with Crippen LogP contribution in [0, 0.1) is 11.8 Å². The zero-order chi connectivity index (χ0) is 24.9. The highest BCUT2D eigenvalue weighted by Crippen LogP contribution is 2.58. The molecule has 1 aliphatic heterocycles. The minimum absolute atomic E-state index is 0.0633. The van der Waals surface area contributed by atoms with E-state index in [4.69, 9.17) is 4.74 Å². The lowest BCUT2D eigenvalue weighted by molar-refractivity contribution is -0.151. The van der Waals surface area contributed by atoms with E-state index in [2.05, 4.69) is 10.5 Å². The number of carbonyl (C=O) groups is 2. The standard InChI is InChI=1S/C29H29N3O4/c33-23-13-7-8-20(18-23)19-30-31-28(34)26-24(21-9-3-1-4-10-21)27(25(26)22-11-5-2-6-12-22)29(35)32-14-16-36-17-15-32/h1-13,18-19,24-27,33H,14-17H2,(H,31,34)/b30-19-/t24-,25-,26?,27?/m0/s1. The number of hydrogen-bond acceptors (Lipinski definition) is 5. The first-order valence-electron chi connectivity index (χ1n) is 12.2. The van der Waals surface area contributed by atoms with Crippen LogP contribution in [0.15, 0.2) is 90.0 Å². The van der Waals surface area contributed by atoms with Gasteiger partial charge in [0, 0.05) is 24.9 Å². The summed E-state index contributed by atoms with van der Waals surface area (Å²) in [5.74, 6) is -1.43. The smallest absolute Gasteiger partial charge is 0.244 e. The molecule has 7 heteroatoms. The van der Waals surface area contributed by atoms with Gasteiger partial charge in [-0.25, -0.2) is 5.43 Å². The van der Waals surface area contributed by atoms with E-state index >= 15 is 0 Å². The second kappa shape index (κ2) is 10.7. The first-order valence-corrected chi connectivity index (χ1v) is 12.2. The van der Waals surface area contributed by atoms with Crippen molar-refractivity contribution in [2.75, 3.05) is 26.3 Å². The first-order chi connectivity index (χ1) is 17.6. The number of amides is 2. The third-order valence-electron chi connectivity index (χ3n) is 7.09. The molecule has 0 aromatic heterocycles. The van der Waals surface area contributed by atoms with Gasteiger partial charge in [0.15, 0.2) is 0 Å². The number of hydrogen-bond donors (Lipinski definition) is 2. The van der Waals surface area contributed by atoms with E-state index < -0.39 is 5.92 Å². The summed E-state index contributed by atoms with van der Waals surface area (Å²) < 4.78 is 5.46. The molecule has 7 nitrogen and oxygen atoms in total. The summed E-state index contributed by atoms with van der Waals surface area (Å²) in [4.78, 5) is 29.3. The van der Waals surface area contributed by atoms with Gasteiger partial charge < -0.3 is 14.7 Å². The predicted octanol–water partition coefficient (Wildman–Crippen LogP) is 3.51. The van der Waals surface area contributed by atoms with Gasteiger partial charge in [-0.2, -0.15) is 5.10 Å². The molecular weight excluding hydrogens is 454 g/mol. The molecule has 36 heavy (non-hydrogen) atoms. The largest absolute Gasteiger partial charge is 0.508 e. The van der Waals surface area contributed by atoms with Crippen molar-refractivity contribution in [2.24, 2.45) is 16.9 Å². The number of hydrazone groups is 1. The summed E-state index contributed by atoms with van der Waals surface area (Å²) in [6, 6.07) is 26.2. The Morgan fingerprint density at radius 1 is 0.861 bits per heavy atom. The molecule has 184 valence electrons. The van der Waals surface area contributed by atoms with Gasteiger partial charge >= 0.3 is 0 Å². The Kier molecular flexibility index (Phi) is 7.09. The lowest BCUT2D eigenvalue weighted by Gasteiger charge is -2.52. The molecule has 0 unspecified atom stereocenters. The second-order valence-corrected chi connectivity index (χ2v) is 9.19. The Morgan fingerprint density at radius 3 is 2.06 bits per heavy atom. The highest BCUT2D eigenvalue weighted by atomic mass is 16.5. The zero-order valence-electron chi connectivity index (χ0n) is 19.9. The maximum Gasteiger partial charge on any atom is 0.244 e. The average molecular weight is 484 g/mol. The molecule has 2 N–H and O–H groups in total. The fraction of sp³-hybridized carbons (Fsp3) is 0.276. The van der Waals surface area contributed by atoms with Gasteiger partial charge in [0.1, 0.15) is 5.75 Å². The van der Waals surface area contributed by atoms with Crippen molar-refractivity contribution in [1.82, 2.24) is 10.3 Å². The summed E-state index contributed by atoms with van der Waals surface area (Å²) in [5, 5.41) is 13.8. The molecule has 2 amide bonds. The fourth-order valence-corrected chi connectivity index (χ4v) is 5.41. The lowest BCUT2D eigenvalue weighted by Crippen LogP contribution is -2.57. The van der Waals surface area contributed by atoms with Crippen LogP contribution in [0.4, 0.5) is 0 Å². The monoisotopic (exact) mass is 483 g/mol. The summed E-state index contributed by atoms with van der Waals surface area (Å²) >= 11 is 0. The van der Waals surface area contributed by atoms with Crippen LogP contribution in [0.25, 0.3) is 0 Å². The van der Waals surface area contributed by atoms with E-state index in [1.165, 1.54) is 6.21 Å². The Labute approximate surface area is 210 Å². The Morgan fingerprint density at radius 2 is 1.47 bits per heavy atom. The van der Waals surface area contributed by atoms with Crippen LogP contribution in [0.3, 0.4) is 0 Å². The van der Waals surface area contributed by atoms with Crippen molar-refractivity contribution >= 4 is 18.0 Å². The number of aromatic hydroxyl groups is 1. The molecule has 0 radical (unpaired) electrons. The minimum Gasteiger partial charge on any atom is -0.508 e. The molecule has 2 aliphatic rings. The van der Waals surface area contributed by atoms with Crippen LogP contribution < -0.4 is 5.43 Å². The van der Waals surface area contributed by atoms with E-state index in [-0.39, 0.29) is 35.3 Å². The molecule has 1 heterocycles. The van der Waals surface area contributed by atoms with Gasteiger partial charge in [0.25, 0.3) is 0 Å². The number of morpholine rings is 1. The Hall–Kier alpha value is -3.97. The normalized spacial score (nSPS) is 23.7. The second-order valence-electron chi connectivity index (χ2n) is 9.19. The summed E-state index contributed by atoms with van der Waals surface area (Å²) in [7, 11) is 0. The number of ether oxygens (including phenoxy) is 1. The maximum atomic E-state index is 13.8. The molecule has 5 rings (SSSR count). The first kappa shape index (κ1) is 23.8. The molecule has 0 bridgehead atoms. The van der Waals surface area contributed by atoms with Gasteiger partial charge in [-0.05, 0) is 28.8 Å². The molecule has 3 aromatic carbocycles. The van der Waals surface area contributed by atoms with Crippen LogP contribution in [0.2, 0.25) is 0 Å². The topological polar surface area (TPSA) is 91.2 Å². The molecule has 1 saturated carbocycles. The number of benzene rings is 3. The molecule has 2 atom stereocenters. The van der Waals surface area contributed by atoms with Crippen LogP contribution in [0.5, 0.6) is 5.75 Å². The maximum absolute atomic E-state index is 13.8. The van der Waals surface area contributed by atoms with Gasteiger partial charge in [-0.1, -0.05) is 72.8 Å². The number of nitrogens with zero attached hydrogens (tertiary/aromatic N) is 2. The number of nitrogens with one attached hydrogen (secondary N) is 1. The van der Waals surface area contributed by atoms with Crippen LogP contribution >= 0.6 is 0 Å². The van der Waals surface area contributed by atoms with E-state index in [0.29, 0.717) is 31.9 Å². The molecule has 1 saturated heterocycles. The minimum atomic E-state index is -0.467. The Balaban J connectivity index is 1.46. The van der Waals surface area contributed by atoms with Gasteiger partial charge in [-0.15, -0.1) is 0 Å². The number of phenolic OH excluding ortho intramolecular Hbond substituents is 1. The quantitative estimate of drug-likeness (QED) is 0.415. The van der Waals surface area contributed by atoms with Crippen molar-refractivity contribution < 1.29 is 19.4 Å². The van der Waals surface area contributed by atoms with Crippen molar-refractivity contribution in [1.29, 1.82) is 0 Å². The third-order valence-corrected chi connectivity index (χ3v) is 7.09. The highest BCUT2D eigenvalue weighted by molar-refractivity contribution is 5.91. The summed E-state index contributed by atoms with van der Waals surface area (Å²) in [5.41, 5.74) is 5.30. The van der Waals surface area contributed by atoms with Crippen molar-refractivity contribution in [3.63, 3.8) is 0 Å². The van der Waals surface area contributed by atoms with E-state index in [1.807, 2.05) is 65.6 Å². The Bertz CT molecular complexity index is 1180. The number of phenols is 1. The zero-order valence-corrected chi connectivity index (χ0v) is 19.9. The summed E-state index contributed by atoms with van der Waals surface area (Å²) in [6.45, 7) is 2.17. The molecule has 1 aliphatic carbocycles. The van der Waals surface area contributed by atoms with Gasteiger partial charge in [-0.3, -0.25) is 9.59 Å². The van der Waals surface area contributed by atoms with Gasteiger partial charge in [0.2, 0.25) is 11.8 Å². The van der Waals surface area contributed by atoms with Crippen molar-refractivity contribution in [3.8, 4) is 5.75 Å². The van der Waals surface area contributed by atoms with E-state index in [0.717, 1.165) is 11.1 Å². The van der Waals surface area contributed by atoms with Crippen LogP contribution in [-0.2, 0) is 14.3 Å². The van der Waals surface area contributed by atoms with Crippen LogP contribution in [0.1, 0.15) is 28.5 Å². The van der Waals surface area contributed by atoms with Crippen molar-refractivity contribution in [3.05, 3.63) is 102 Å². The average Bonchev–Trinajstić information content (AvgIpc) is 2.90. The third kappa shape index (κ3) is 4.88. The fourth-order valence-electron chi connectivity index (χ4n) is 5.41. The molecule has 2 fully saturated rings. The molecular formula is C29H29N3O4. The lowest BCUT2D eigenvalue weighted by atomic mass is 9.51. The van der Waals surface area contributed by atoms with Gasteiger partial charge in [0.05, 0.1) is 31.3 Å². The molecule has 0 spiro atoms. The van der Waals surface area contributed by atoms with Crippen molar-refractivity contribution in [2.45, 2.75) is 11.8 Å². The number of carbonyl (C=O) groups excluding carboxylic acids is 2. The van der Waals surface area contributed by atoms with E-state index in [1.54, 1.807) is 24.3 Å².